The molecule has 1 aromatic carbocycles. The van der Waals surface area contributed by atoms with Crippen LogP contribution in [0.15, 0.2) is 33.5 Å². The van der Waals surface area contributed by atoms with Gasteiger partial charge in [0.15, 0.2) is 0 Å². The fraction of sp³-hybridized carbons (Fsp3) is 0.565. The number of fused-ring (bicyclic) bond motifs is 2. The summed E-state index contributed by atoms with van der Waals surface area (Å²) in [5.41, 5.74) is -0.795. The van der Waals surface area contributed by atoms with Crippen molar-refractivity contribution in [3.05, 3.63) is 39.9 Å². The topological polar surface area (TPSA) is 93.7 Å². The average molecular weight is 457 g/mol. The Morgan fingerprint density at radius 1 is 1.24 bits per heavy atom. The van der Waals surface area contributed by atoms with Crippen molar-refractivity contribution >= 4 is 22.6 Å². The molecule has 5 rings (SSSR count). The number of rotatable bonds is 4. The van der Waals surface area contributed by atoms with Gasteiger partial charge in [0.1, 0.15) is 28.8 Å². The van der Waals surface area contributed by atoms with E-state index in [1.54, 1.807) is 15.6 Å². The summed E-state index contributed by atoms with van der Waals surface area (Å²) in [4.78, 5) is 29.0. The molecule has 176 valence electrons. The number of carboxylic acid groups (broad SMARTS) is 1. The number of hydrogen-bond acceptors (Lipinski definition) is 7. The van der Waals surface area contributed by atoms with Crippen LogP contribution in [0, 0.1) is 5.82 Å². The van der Waals surface area contributed by atoms with Crippen LogP contribution in [0.5, 0.6) is 0 Å². The molecule has 3 heterocycles. The van der Waals surface area contributed by atoms with Gasteiger partial charge in [0, 0.05) is 44.3 Å². The Kier molecular flexibility index (Phi) is 5.44. The molecule has 2 aliphatic heterocycles. The van der Waals surface area contributed by atoms with E-state index in [2.05, 4.69) is 27.2 Å². The maximum Gasteiger partial charge on any atom is 0.341 e. The minimum absolute atomic E-state index is 0.0347. The number of piperazine rings is 1. The second-order valence-electron chi connectivity index (χ2n) is 9.23. The highest BCUT2D eigenvalue weighted by Gasteiger charge is 2.55. The molecule has 2 atom stereocenters. The van der Waals surface area contributed by atoms with Gasteiger partial charge in [-0.25, -0.2) is 14.2 Å². The van der Waals surface area contributed by atoms with Crippen LogP contribution in [-0.2, 0) is 6.54 Å². The van der Waals surface area contributed by atoms with E-state index in [4.69, 9.17) is 0 Å². The van der Waals surface area contributed by atoms with Crippen LogP contribution in [0.3, 0.4) is 0 Å². The summed E-state index contributed by atoms with van der Waals surface area (Å²) in [5.74, 6) is -1.91. The van der Waals surface area contributed by atoms with Crippen molar-refractivity contribution in [3.8, 4) is 0 Å². The minimum atomic E-state index is -1.32. The van der Waals surface area contributed by atoms with E-state index >= 15 is 4.39 Å². The fourth-order valence-corrected chi connectivity index (χ4v) is 5.64. The lowest BCUT2D eigenvalue weighted by Gasteiger charge is -2.52. The normalized spacial score (nSPS) is 26.2. The maximum atomic E-state index is 15.6. The number of halogens is 1. The summed E-state index contributed by atoms with van der Waals surface area (Å²) in [5, 5.41) is 20.3. The van der Waals surface area contributed by atoms with E-state index in [-0.39, 0.29) is 22.7 Å². The number of nitrogens with zero attached hydrogens (tertiary/aromatic N) is 6. The van der Waals surface area contributed by atoms with Gasteiger partial charge in [0.25, 0.3) is 0 Å². The van der Waals surface area contributed by atoms with Gasteiger partial charge in [-0.1, -0.05) is 11.6 Å². The second-order valence-corrected chi connectivity index (χ2v) is 9.23. The SMILES string of the molecule is CCn1cc(C(=O)O)c(=O)c2cc(F)c(N3N=NC4CCCCC43N3CCN(C)CC3)cc21. The number of likely N-dealkylation sites (N-methyl/N-ethyl adjacent to an activating group) is 1. The Bertz CT molecular complexity index is 1190. The van der Waals surface area contributed by atoms with Crippen molar-refractivity contribution in [2.75, 3.05) is 38.2 Å². The van der Waals surface area contributed by atoms with Crippen molar-refractivity contribution in [1.29, 1.82) is 0 Å². The molecule has 1 saturated carbocycles. The Morgan fingerprint density at radius 2 is 2.00 bits per heavy atom. The molecule has 2 aromatic rings. The van der Waals surface area contributed by atoms with Crippen molar-refractivity contribution in [2.24, 2.45) is 10.3 Å². The van der Waals surface area contributed by atoms with Crippen LogP contribution in [-0.4, -0.2) is 70.4 Å². The summed E-state index contributed by atoms with van der Waals surface area (Å²) < 4.78 is 17.3. The molecule has 0 amide bonds. The molecule has 1 N–H and O–H groups in total. The number of aromatic carboxylic acids is 1. The van der Waals surface area contributed by atoms with E-state index in [0.717, 1.165) is 57.9 Å². The molecule has 3 aliphatic rings. The van der Waals surface area contributed by atoms with Gasteiger partial charge >= 0.3 is 5.97 Å². The molecule has 0 spiro atoms. The Labute approximate surface area is 191 Å². The van der Waals surface area contributed by atoms with Crippen LogP contribution in [0.1, 0.15) is 43.0 Å². The number of carbonyl (C=O) groups is 1. The van der Waals surface area contributed by atoms with Crippen molar-refractivity contribution in [1.82, 2.24) is 14.4 Å². The van der Waals surface area contributed by atoms with Gasteiger partial charge in [-0.05, 0) is 45.4 Å². The van der Waals surface area contributed by atoms with Gasteiger partial charge in [0.2, 0.25) is 5.43 Å². The number of anilines is 1. The molecule has 10 heteroatoms. The van der Waals surface area contributed by atoms with E-state index in [9.17, 15) is 14.7 Å². The lowest BCUT2D eigenvalue weighted by Crippen LogP contribution is -2.67. The fourth-order valence-electron chi connectivity index (χ4n) is 5.64. The van der Waals surface area contributed by atoms with Gasteiger partial charge < -0.3 is 14.6 Å². The quantitative estimate of drug-likeness (QED) is 0.760. The maximum absolute atomic E-state index is 15.6. The molecule has 1 aliphatic carbocycles. The molecule has 9 nitrogen and oxygen atoms in total. The third-order valence-electron chi connectivity index (χ3n) is 7.45. The highest BCUT2D eigenvalue weighted by Crippen LogP contribution is 2.46. The number of benzene rings is 1. The number of pyridine rings is 1. The summed E-state index contributed by atoms with van der Waals surface area (Å²) in [6.45, 7) is 5.86. The predicted molar refractivity (Wildman–Crippen MR) is 122 cm³/mol. The largest absolute Gasteiger partial charge is 0.477 e. The standard InChI is InChI=1S/C23H29FN6O3/c1-3-28-14-16(22(32)33)21(31)15-12-17(24)19(13-18(15)28)30-23(29-10-8-27(2)9-11-29)7-5-4-6-20(23)25-26-30/h12-14,20H,3-11H2,1-2H3,(H,32,33). The first-order valence-electron chi connectivity index (χ1n) is 11.6. The molecule has 2 fully saturated rings. The Morgan fingerprint density at radius 3 is 2.70 bits per heavy atom. The molecular formula is C23H29FN6O3. The lowest BCUT2D eigenvalue weighted by molar-refractivity contribution is 0.0101. The van der Waals surface area contributed by atoms with E-state index in [1.807, 2.05) is 6.92 Å². The van der Waals surface area contributed by atoms with Crippen LogP contribution >= 0.6 is 0 Å². The number of aromatic nitrogens is 1. The molecule has 0 radical (unpaired) electrons. The predicted octanol–water partition coefficient (Wildman–Crippen LogP) is 2.93. The number of aryl methyl sites for hydroxylation is 1. The molecule has 33 heavy (non-hydrogen) atoms. The zero-order valence-corrected chi connectivity index (χ0v) is 19.0. The first-order valence-corrected chi connectivity index (χ1v) is 11.6. The highest BCUT2D eigenvalue weighted by atomic mass is 19.1. The molecule has 0 bridgehead atoms. The summed E-state index contributed by atoms with van der Waals surface area (Å²) in [7, 11) is 2.10. The monoisotopic (exact) mass is 456 g/mol. The molecule has 1 aromatic heterocycles. The zero-order valence-electron chi connectivity index (χ0n) is 19.0. The Hall–Kier alpha value is -2.85. The van der Waals surface area contributed by atoms with Gasteiger partial charge in [0.05, 0.1) is 5.52 Å². The van der Waals surface area contributed by atoms with Gasteiger partial charge in [-0.3, -0.25) is 9.69 Å². The molecular weight excluding hydrogens is 427 g/mol. The van der Waals surface area contributed by atoms with E-state index in [1.165, 1.54) is 6.20 Å². The summed E-state index contributed by atoms with van der Waals surface area (Å²) >= 11 is 0. The first kappa shape index (κ1) is 22.0. The van der Waals surface area contributed by atoms with E-state index in [0.29, 0.717) is 12.1 Å². The minimum Gasteiger partial charge on any atom is -0.477 e. The van der Waals surface area contributed by atoms with Gasteiger partial charge in [-0.2, -0.15) is 5.11 Å². The summed E-state index contributed by atoms with van der Waals surface area (Å²) in [6, 6.07) is 2.76. The van der Waals surface area contributed by atoms with E-state index < -0.39 is 22.9 Å². The second kappa shape index (κ2) is 8.18. The average Bonchev–Trinajstić information content (AvgIpc) is 3.20. The van der Waals surface area contributed by atoms with Crippen LogP contribution in [0.25, 0.3) is 10.9 Å². The highest BCUT2D eigenvalue weighted by molar-refractivity contribution is 5.93. The lowest BCUT2D eigenvalue weighted by atomic mass is 9.82. The van der Waals surface area contributed by atoms with Crippen molar-refractivity contribution in [2.45, 2.75) is 50.9 Å². The molecule has 2 unspecified atom stereocenters. The zero-order chi connectivity index (χ0) is 23.3. The van der Waals surface area contributed by atoms with Crippen LogP contribution in [0.4, 0.5) is 10.1 Å². The molecule has 1 saturated heterocycles. The van der Waals surface area contributed by atoms with Crippen LogP contribution in [0.2, 0.25) is 0 Å². The smallest absolute Gasteiger partial charge is 0.341 e. The van der Waals surface area contributed by atoms with Crippen LogP contribution < -0.4 is 10.4 Å². The van der Waals surface area contributed by atoms with Gasteiger partial charge in [-0.15, -0.1) is 0 Å². The summed E-state index contributed by atoms with van der Waals surface area (Å²) in [6.07, 6.45) is 5.16. The number of carboxylic acids is 1. The Balaban J connectivity index is 1.66. The van der Waals surface area contributed by atoms with Crippen molar-refractivity contribution in [3.63, 3.8) is 0 Å². The first-order chi connectivity index (χ1) is 15.9. The third kappa shape index (κ3) is 3.34. The third-order valence-corrected chi connectivity index (χ3v) is 7.45. The van der Waals surface area contributed by atoms with Crippen molar-refractivity contribution < 1.29 is 14.3 Å². The number of hydrogen-bond donors (Lipinski definition) is 1.